The summed E-state index contributed by atoms with van der Waals surface area (Å²) in [7, 11) is 0. The van der Waals surface area contributed by atoms with Crippen LogP contribution < -0.4 is 4.74 Å². The van der Waals surface area contributed by atoms with Crippen molar-refractivity contribution in [1.29, 1.82) is 0 Å². The summed E-state index contributed by atoms with van der Waals surface area (Å²) in [5.74, 6) is 0.545. The van der Waals surface area contributed by atoms with Crippen molar-refractivity contribution in [3.8, 4) is 5.75 Å². The fourth-order valence-electron chi connectivity index (χ4n) is 3.15. The summed E-state index contributed by atoms with van der Waals surface area (Å²) in [5.41, 5.74) is 3.11. The average Bonchev–Trinajstić information content (AvgIpc) is 3.43. The van der Waals surface area contributed by atoms with Crippen molar-refractivity contribution >= 4 is 40.3 Å². The van der Waals surface area contributed by atoms with Gasteiger partial charge in [0.15, 0.2) is 5.75 Å². The molecule has 132 valence electrons. The van der Waals surface area contributed by atoms with Gasteiger partial charge in [0.05, 0.1) is 11.2 Å². The van der Waals surface area contributed by atoms with E-state index in [0.29, 0.717) is 27.9 Å². The van der Waals surface area contributed by atoms with E-state index in [9.17, 15) is 9.90 Å². The molecule has 4 nitrogen and oxygen atoms in total. The molecule has 1 heterocycles. The van der Waals surface area contributed by atoms with Gasteiger partial charge in [-0.1, -0.05) is 41.4 Å². The third-order valence-electron chi connectivity index (χ3n) is 4.51. The molecule has 0 radical (unpaired) electrons. The summed E-state index contributed by atoms with van der Waals surface area (Å²) in [6, 6.07) is 12.9. The number of carboxylic acid groups (broad SMARTS) is 1. The van der Waals surface area contributed by atoms with Gasteiger partial charge < -0.3 is 9.84 Å². The number of pyridine rings is 1. The van der Waals surface area contributed by atoms with Crippen molar-refractivity contribution in [2.24, 2.45) is 0 Å². The molecule has 0 atom stereocenters. The highest BCUT2D eigenvalue weighted by Gasteiger charge is 2.32. The van der Waals surface area contributed by atoms with Crippen LogP contribution in [0.1, 0.15) is 35.6 Å². The van der Waals surface area contributed by atoms with E-state index in [0.717, 1.165) is 34.9 Å². The minimum absolute atomic E-state index is 0.231. The summed E-state index contributed by atoms with van der Waals surface area (Å²) in [5, 5.41) is 11.2. The van der Waals surface area contributed by atoms with Gasteiger partial charge in [0.2, 0.25) is 0 Å². The van der Waals surface area contributed by atoms with Gasteiger partial charge in [0.1, 0.15) is 0 Å². The third kappa shape index (κ3) is 3.35. The summed E-state index contributed by atoms with van der Waals surface area (Å²) >= 11 is 12.5. The Morgan fingerprint density at radius 2 is 1.96 bits per heavy atom. The molecule has 1 saturated carbocycles. The van der Waals surface area contributed by atoms with Crippen molar-refractivity contribution in [2.45, 2.75) is 25.2 Å². The number of benzene rings is 2. The average molecular weight is 388 g/mol. The van der Waals surface area contributed by atoms with Gasteiger partial charge in [0.25, 0.3) is 0 Å². The molecule has 6 heteroatoms. The van der Waals surface area contributed by atoms with Crippen LogP contribution in [0.4, 0.5) is 4.79 Å². The van der Waals surface area contributed by atoms with Crippen LogP contribution in [0, 0.1) is 0 Å². The standard InChI is InChI=1S/C20H15Cl2NO3/c21-13-7-8-17-14(10-13)15(9-12-3-1-2-4-16(12)22)19(26-20(24)25)18(23-17)11-5-6-11/h1-4,7-8,10-11H,5-6,9H2,(H,24,25). The number of hydrogen-bond acceptors (Lipinski definition) is 3. The number of nitrogens with zero attached hydrogens (tertiary/aromatic N) is 1. The number of carbonyl (C=O) groups is 1. The molecule has 0 amide bonds. The predicted octanol–water partition coefficient (Wildman–Crippen LogP) is 6.07. The number of halogens is 2. The monoisotopic (exact) mass is 387 g/mol. The van der Waals surface area contributed by atoms with Crippen LogP contribution in [0.2, 0.25) is 10.0 Å². The van der Waals surface area contributed by atoms with Gasteiger partial charge >= 0.3 is 6.16 Å². The first-order valence-corrected chi connectivity index (χ1v) is 9.04. The van der Waals surface area contributed by atoms with Crippen molar-refractivity contribution in [3.05, 3.63) is 69.3 Å². The second-order valence-electron chi connectivity index (χ2n) is 6.38. The zero-order valence-corrected chi connectivity index (χ0v) is 15.2. The molecule has 2 aromatic carbocycles. The number of aromatic nitrogens is 1. The van der Waals surface area contributed by atoms with Crippen LogP contribution in [0.25, 0.3) is 10.9 Å². The summed E-state index contributed by atoms with van der Waals surface area (Å²) in [4.78, 5) is 16.0. The van der Waals surface area contributed by atoms with Crippen molar-refractivity contribution in [3.63, 3.8) is 0 Å². The molecular weight excluding hydrogens is 373 g/mol. The zero-order chi connectivity index (χ0) is 18.3. The van der Waals surface area contributed by atoms with E-state index in [1.165, 1.54) is 0 Å². The van der Waals surface area contributed by atoms with E-state index in [-0.39, 0.29) is 5.92 Å². The van der Waals surface area contributed by atoms with Crippen LogP contribution in [0.3, 0.4) is 0 Å². The predicted molar refractivity (Wildman–Crippen MR) is 102 cm³/mol. The quantitative estimate of drug-likeness (QED) is 0.552. The maximum Gasteiger partial charge on any atom is 0.511 e. The first-order chi connectivity index (χ1) is 12.5. The SMILES string of the molecule is O=C(O)Oc1c(C2CC2)nc2ccc(Cl)cc2c1Cc1ccccc1Cl. The van der Waals surface area contributed by atoms with E-state index in [1.807, 2.05) is 30.3 Å². The molecule has 0 spiro atoms. The molecule has 0 aliphatic heterocycles. The van der Waals surface area contributed by atoms with Gasteiger partial charge in [-0.25, -0.2) is 9.78 Å². The fraction of sp³-hybridized carbons (Fsp3) is 0.200. The normalized spacial score (nSPS) is 13.8. The molecular formula is C20H15Cl2NO3. The molecule has 26 heavy (non-hydrogen) atoms. The Bertz CT molecular complexity index is 1020. The Kier molecular flexibility index (Phi) is 4.47. The number of fused-ring (bicyclic) bond motifs is 1. The van der Waals surface area contributed by atoms with Crippen molar-refractivity contribution in [2.75, 3.05) is 0 Å². The van der Waals surface area contributed by atoms with Crippen LogP contribution in [0.5, 0.6) is 5.75 Å². The number of hydrogen-bond donors (Lipinski definition) is 1. The van der Waals surface area contributed by atoms with Crippen LogP contribution >= 0.6 is 23.2 Å². The molecule has 1 fully saturated rings. The number of ether oxygens (including phenoxy) is 1. The molecule has 0 saturated heterocycles. The highest BCUT2D eigenvalue weighted by atomic mass is 35.5. The smallest absolute Gasteiger partial charge is 0.449 e. The van der Waals surface area contributed by atoms with Crippen molar-refractivity contribution < 1.29 is 14.6 Å². The largest absolute Gasteiger partial charge is 0.511 e. The molecule has 0 unspecified atom stereocenters. The lowest BCUT2D eigenvalue weighted by atomic mass is 9.97. The summed E-state index contributed by atoms with van der Waals surface area (Å²) in [6.07, 6.45) is 1.04. The van der Waals surface area contributed by atoms with Crippen LogP contribution in [-0.2, 0) is 6.42 Å². The Hall–Kier alpha value is -2.30. The number of rotatable bonds is 4. The van der Waals surface area contributed by atoms with Gasteiger partial charge in [-0.05, 0) is 42.7 Å². The maximum absolute atomic E-state index is 11.3. The van der Waals surface area contributed by atoms with E-state index in [4.69, 9.17) is 27.9 Å². The minimum Gasteiger partial charge on any atom is -0.449 e. The summed E-state index contributed by atoms with van der Waals surface area (Å²) < 4.78 is 5.21. The molecule has 0 bridgehead atoms. The van der Waals surface area contributed by atoms with Gasteiger partial charge in [-0.2, -0.15) is 0 Å². The Balaban J connectivity index is 1.97. The van der Waals surface area contributed by atoms with Gasteiger partial charge in [-0.3, -0.25) is 0 Å². The molecule has 1 aliphatic carbocycles. The second kappa shape index (κ2) is 6.78. The lowest BCUT2D eigenvalue weighted by Crippen LogP contribution is -2.10. The van der Waals surface area contributed by atoms with Crippen LogP contribution in [0.15, 0.2) is 42.5 Å². The molecule has 3 aromatic rings. The third-order valence-corrected chi connectivity index (χ3v) is 5.11. The van der Waals surface area contributed by atoms with E-state index in [1.54, 1.807) is 12.1 Å². The lowest BCUT2D eigenvalue weighted by Gasteiger charge is -2.16. The Labute approximate surface area is 160 Å². The van der Waals surface area contributed by atoms with E-state index in [2.05, 4.69) is 4.98 Å². The summed E-state index contributed by atoms with van der Waals surface area (Å²) in [6.45, 7) is 0. The first kappa shape index (κ1) is 17.1. The fourth-order valence-corrected chi connectivity index (χ4v) is 3.52. The second-order valence-corrected chi connectivity index (χ2v) is 7.22. The maximum atomic E-state index is 11.3. The topological polar surface area (TPSA) is 59.4 Å². The minimum atomic E-state index is -1.35. The Morgan fingerprint density at radius 3 is 2.65 bits per heavy atom. The van der Waals surface area contributed by atoms with E-state index < -0.39 is 6.16 Å². The lowest BCUT2D eigenvalue weighted by molar-refractivity contribution is 0.143. The van der Waals surface area contributed by atoms with Gasteiger partial charge in [0, 0.05) is 33.3 Å². The van der Waals surface area contributed by atoms with Crippen LogP contribution in [-0.4, -0.2) is 16.2 Å². The van der Waals surface area contributed by atoms with Crippen molar-refractivity contribution in [1.82, 2.24) is 4.98 Å². The molecule has 1 N–H and O–H groups in total. The highest BCUT2D eigenvalue weighted by Crippen LogP contribution is 2.46. The molecule has 1 aromatic heterocycles. The van der Waals surface area contributed by atoms with Gasteiger partial charge in [-0.15, -0.1) is 0 Å². The van der Waals surface area contributed by atoms with E-state index >= 15 is 0 Å². The molecule has 4 rings (SSSR count). The zero-order valence-electron chi connectivity index (χ0n) is 13.7. The Morgan fingerprint density at radius 1 is 1.19 bits per heavy atom. The first-order valence-electron chi connectivity index (χ1n) is 8.29. The highest BCUT2D eigenvalue weighted by molar-refractivity contribution is 6.31. The molecule has 1 aliphatic rings.